The first kappa shape index (κ1) is 13.4. The second-order valence-corrected chi connectivity index (χ2v) is 4.79. The van der Waals surface area contributed by atoms with Crippen LogP contribution in [0.4, 0.5) is 0 Å². The van der Waals surface area contributed by atoms with Crippen molar-refractivity contribution in [1.29, 1.82) is 0 Å². The number of phenols is 1. The topological polar surface area (TPSA) is 119 Å². The average molecular weight is 257 g/mol. The van der Waals surface area contributed by atoms with E-state index >= 15 is 0 Å². The molecule has 2 rings (SSSR count). The Bertz CT molecular complexity index is 666. The molecule has 0 saturated carbocycles. The van der Waals surface area contributed by atoms with E-state index in [0.717, 1.165) is 0 Å². The Morgan fingerprint density at radius 2 is 1.94 bits per heavy atom. The Morgan fingerprint density at radius 3 is 2.53 bits per heavy atom. The molecule has 2 aromatic rings. The molecule has 92 valence electrons. The van der Waals surface area contributed by atoms with Crippen molar-refractivity contribution in [2.24, 2.45) is 0 Å². The fraction of sp³-hybridized carbons (Fsp3) is 0.100. The van der Waals surface area contributed by atoms with Gasteiger partial charge in [-0.05, 0) is 19.1 Å². The van der Waals surface area contributed by atoms with Crippen LogP contribution >= 0.6 is 0 Å². The largest absolute Gasteiger partial charge is 0.506 e. The molecule has 0 spiro atoms. The number of benzene rings is 1. The number of aromatic hydroxyl groups is 1. The van der Waals surface area contributed by atoms with E-state index in [1.807, 2.05) is 0 Å². The zero-order chi connectivity index (χ0) is 11.9. The lowest BCUT2D eigenvalue weighted by atomic mass is 10.2. The molecule has 0 bridgehead atoms. The molecule has 6 nitrogen and oxygen atoms in total. The van der Waals surface area contributed by atoms with Gasteiger partial charge in [-0.25, -0.2) is 4.98 Å². The first-order valence-corrected chi connectivity index (χ1v) is 5.90. The Kier molecular flexibility index (Phi) is 3.37. The number of phenolic OH excluding ortho intramolecular Hbond substituents is 1. The van der Waals surface area contributed by atoms with Crippen LogP contribution in [0.5, 0.6) is 5.75 Å². The minimum absolute atomic E-state index is 0. The van der Waals surface area contributed by atoms with E-state index < -0.39 is 10.1 Å². The normalized spacial score (nSPS) is 11.2. The maximum atomic E-state index is 11.0. The molecule has 0 unspecified atom stereocenters. The van der Waals surface area contributed by atoms with Crippen LogP contribution < -0.4 is 0 Å². The van der Waals surface area contributed by atoms with Gasteiger partial charge in [0, 0.05) is 5.39 Å². The zero-order valence-corrected chi connectivity index (χ0v) is 9.69. The summed E-state index contributed by atoms with van der Waals surface area (Å²) in [5.41, 5.74) is 0.462. The van der Waals surface area contributed by atoms with Crippen LogP contribution in [0, 0.1) is 6.92 Å². The molecule has 4 N–H and O–H groups in total. The predicted octanol–water partition coefficient (Wildman–Crippen LogP) is 0.671. The van der Waals surface area contributed by atoms with Gasteiger partial charge in [0.15, 0.2) is 0 Å². The summed E-state index contributed by atoms with van der Waals surface area (Å²) in [6, 6.07) is 5.92. The highest BCUT2D eigenvalue weighted by atomic mass is 32.2. The summed E-state index contributed by atoms with van der Waals surface area (Å²) < 4.78 is 31.0. The Morgan fingerprint density at radius 1 is 1.29 bits per heavy atom. The quantitative estimate of drug-likeness (QED) is 0.727. The van der Waals surface area contributed by atoms with Crippen molar-refractivity contribution in [1.82, 2.24) is 4.98 Å². The number of aryl methyl sites for hydroxylation is 1. The third-order valence-corrected chi connectivity index (χ3v) is 3.22. The molecule has 0 atom stereocenters. The smallest absolute Gasteiger partial charge is 0.296 e. The highest BCUT2D eigenvalue weighted by molar-refractivity contribution is 7.85. The summed E-state index contributed by atoms with van der Waals surface area (Å²) in [6.45, 7) is 1.45. The summed E-state index contributed by atoms with van der Waals surface area (Å²) >= 11 is 0. The molecule has 7 heteroatoms. The van der Waals surface area contributed by atoms with Crippen LogP contribution in [0.25, 0.3) is 10.9 Å². The van der Waals surface area contributed by atoms with Crippen LogP contribution in [-0.4, -0.2) is 28.5 Å². The van der Waals surface area contributed by atoms with Gasteiger partial charge < -0.3 is 10.6 Å². The van der Waals surface area contributed by atoms with Crippen molar-refractivity contribution in [3.05, 3.63) is 30.0 Å². The lowest BCUT2D eigenvalue weighted by Crippen LogP contribution is -2.02. The van der Waals surface area contributed by atoms with Crippen molar-refractivity contribution in [2.45, 2.75) is 11.8 Å². The Balaban J connectivity index is 0.00000144. The number of nitrogens with zero attached hydrogens (tertiary/aromatic N) is 1. The summed E-state index contributed by atoms with van der Waals surface area (Å²) in [7, 11) is -4.28. The van der Waals surface area contributed by atoms with Gasteiger partial charge in [-0.1, -0.05) is 12.1 Å². The van der Waals surface area contributed by atoms with Crippen LogP contribution in [0.15, 0.2) is 29.2 Å². The molecule has 0 aliphatic heterocycles. The van der Waals surface area contributed by atoms with Gasteiger partial charge in [0.05, 0.1) is 5.69 Å². The number of hydrogen-bond acceptors (Lipinski definition) is 4. The van der Waals surface area contributed by atoms with Crippen molar-refractivity contribution in [3.63, 3.8) is 0 Å². The summed E-state index contributed by atoms with van der Waals surface area (Å²) in [5.74, 6) is -0.0255. The third-order valence-electron chi connectivity index (χ3n) is 2.25. The molecule has 1 aromatic carbocycles. The van der Waals surface area contributed by atoms with Crippen LogP contribution in [0.3, 0.4) is 0 Å². The van der Waals surface area contributed by atoms with E-state index in [9.17, 15) is 13.5 Å². The molecule has 0 aliphatic carbocycles. The highest BCUT2D eigenvalue weighted by Gasteiger charge is 2.16. The Hall–Kier alpha value is -1.70. The van der Waals surface area contributed by atoms with Gasteiger partial charge >= 0.3 is 0 Å². The molecule has 0 fully saturated rings. The number of rotatable bonds is 1. The molecule has 17 heavy (non-hydrogen) atoms. The van der Waals surface area contributed by atoms with Crippen molar-refractivity contribution in [2.75, 3.05) is 0 Å². The monoisotopic (exact) mass is 257 g/mol. The van der Waals surface area contributed by atoms with E-state index in [4.69, 9.17) is 4.55 Å². The second-order valence-electron chi connectivity index (χ2n) is 3.40. The average Bonchev–Trinajstić information content (AvgIpc) is 2.17. The predicted molar refractivity (Wildman–Crippen MR) is 61.6 cm³/mol. The van der Waals surface area contributed by atoms with Gasteiger partial charge in [-0.2, -0.15) is 8.42 Å². The van der Waals surface area contributed by atoms with Crippen molar-refractivity contribution >= 4 is 21.0 Å². The number of fused-ring (bicyclic) bond motifs is 1. The second kappa shape index (κ2) is 4.28. The molecular formula is C10H11NO5S. The lowest BCUT2D eigenvalue weighted by Gasteiger charge is -2.05. The van der Waals surface area contributed by atoms with Crippen LogP contribution in [0.1, 0.15) is 5.69 Å². The van der Waals surface area contributed by atoms with Gasteiger partial charge in [-0.15, -0.1) is 0 Å². The van der Waals surface area contributed by atoms with Gasteiger partial charge in [-0.3, -0.25) is 4.55 Å². The lowest BCUT2D eigenvalue weighted by molar-refractivity contribution is 0.477. The first-order valence-electron chi connectivity index (χ1n) is 4.46. The van der Waals surface area contributed by atoms with Gasteiger partial charge in [0.2, 0.25) is 0 Å². The maximum Gasteiger partial charge on any atom is 0.296 e. The molecule has 0 radical (unpaired) electrons. The molecule has 0 aliphatic rings. The Labute approximate surface area is 97.6 Å². The third kappa shape index (κ3) is 2.36. The number of pyridine rings is 1. The van der Waals surface area contributed by atoms with Crippen LogP contribution in [0.2, 0.25) is 0 Å². The minimum atomic E-state index is -4.28. The minimum Gasteiger partial charge on any atom is -0.506 e. The molecule has 1 aromatic heterocycles. The van der Waals surface area contributed by atoms with Gasteiger partial charge in [0.1, 0.15) is 16.2 Å². The van der Waals surface area contributed by atoms with E-state index in [-0.39, 0.29) is 21.8 Å². The standard InChI is InChI=1S/C10H9NO4S.H2O/c1-6-9(16(13,14)15)5-7-3-2-4-8(12)10(7)11-6;/h2-5,12H,1H3,(H,13,14,15);1H2. The van der Waals surface area contributed by atoms with E-state index in [1.54, 1.807) is 12.1 Å². The molecular weight excluding hydrogens is 246 g/mol. The number of aromatic nitrogens is 1. The van der Waals surface area contributed by atoms with E-state index in [2.05, 4.69) is 4.98 Å². The summed E-state index contributed by atoms with van der Waals surface area (Å²) in [4.78, 5) is 3.71. The molecule has 0 saturated heterocycles. The van der Waals surface area contributed by atoms with Crippen LogP contribution in [-0.2, 0) is 10.1 Å². The van der Waals surface area contributed by atoms with E-state index in [0.29, 0.717) is 10.9 Å². The summed E-state index contributed by atoms with van der Waals surface area (Å²) in [5, 5.41) is 9.97. The van der Waals surface area contributed by atoms with E-state index in [1.165, 1.54) is 19.1 Å². The SMILES string of the molecule is Cc1nc2c(O)cccc2cc1S(=O)(=O)O.O. The van der Waals surface area contributed by atoms with Gasteiger partial charge in [0.25, 0.3) is 10.1 Å². The molecule has 0 amide bonds. The molecule has 1 heterocycles. The van der Waals surface area contributed by atoms with Crippen molar-refractivity contribution in [3.8, 4) is 5.75 Å². The first-order chi connectivity index (χ1) is 7.39. The summed E-state index contributed by atoms with van der Waals surface area (Å²) in [6.07, 6.45) is 0. The zero-order valence-electron chi connectivity index (χ0n) is 8.88. The number of para-hydroxylation sites is 1. The fourth-order valence-electron chi connectivity index (χ4n) is 1.52. The fourth-order valence-corrected chi connectivity index (χ4v) is 2.21. The highest BCUT2D eigenvalue weighted by Crippen LogP contribution is 2.26. The maximum absolute atomic E-state index is 11.0. The number of hydrogen-bond donors (Lipinski definition) is 2. The van der Waals surface area contributed by atoms with Crippen molar-refractivity contribution < 1.29 is 23.6 Å².